The Labute approximate surface area is 125 Å². The Bertz CT molecular complexity index is 406. The fourth-order valence-corrected chi connectivity index (χ4v) is 3.20. The first-order chi connectivity index (χ1) is 9.24. The van der Waals surface area contributed by atoms with Crippen LogP contribution in [0.2, 0.25) is 0 Å². The standard InChI is InChI=1S/C16H25BrN2/c1-3-8-18-11-14-10-15(17)5-6-16(14)19-9-7-13(4-2)12-19/h5-6,10,13,18H,3-4,7-9,11-12H2,1-2H3. The van der Waals surface area contributed by atoms with Crippen molar-refractivity contribution in [3.05, 3.63) is 28.2 Å². The second kappa shape index (κ2) is 7.30. The summed E-state index contributed by atoms with van der Waals surface area (Å²) in [6, 6.07) is 6.69. The highest BCUT2D eigenvalue weighted by Crippen LogP contribution is 2.30. The predicted octanol–water partition coefficient (Wildman–Crippen LogP) is 4.19. The van der Waals surface area contributed by atoms with Gasteiger partial charge in [-0.05, 0) is 49.1 Å². The van der Waals surface area contributed by atoms with Crippen molar-refractivity contribution in [1.29, 1.82) is 0 Å². The van der Waals surface area contributed by atoms with Gasteiger partial charge in [-0.1, -0.05) is 36.2 Å². The van der Waals surface area contributed by atoms with Gasteiger partial charge in [0.1, 0.15) is 0 Å². The van der Waals surface area contributed by atoms with Gasteiger partial charge < -0.3 is 10.2 Å². The Morgan fingerprint density at radius 2 is 2.21 bits per heavy atom. The van der Waals surface area contributed by atoms with Crippen molar-refractivity contribution in [3.63, 3.8) is 0 Å². The SMILES string of the molecule is CCCNCc1cc(Br)ccc1N1CCC(CC)C1. The average molecular weight is 325 g/mol. The summed E-state index contributed by atoms with van der Waals surface area (Å²) in [4.78, 5) is 2.56. The number of hydrogen-bond donors (Lipinski definition) is 1. The molecule has 1 aliphatic heterocycles. The number of rotatable bonds is 6. The first-order valence-electron chi connectivity index (χ1n) is 7.48. The van der Waals surface area contributed by atoms with Crippen molar-refractivity contribution in [2.24, 2.45) is 5.92 Å². The van der Waals surface area contributed by atoms with Gasteiger partial charge in [-0.15, -0.1) is 0 Å². The fourth-order valence-electron chi connectivity index (χ4n) is 2.79. The molecule has 1 aromatic carbocycles. The van der Waals surface area contributed by atoms with Crippen LogP contribution in [0, 0.1) is 5.92 Å². The minimum Gasteiger partial charge on any atom is -0.371 e. The van der Waals surface area contributed by atoms with E-state index in [9.17, 15) is 0 Å². The molecule has 19 heavy (non-hydrogen) atoms. The maximum absolute atomic E-state index is 3.59. The molecule has 1 unspecified atom stereocenters. The Balaban J connectivity index is 2.10. The molecule has 0 spiro atoms. The van der Waals surface area contributed by atoms with Crippen LogP contribution in [-0.2, 0) is 6.54 Å². The van der Waals surface area contributed by atoms with Crippen LogP contribution in [0.3, 0.4) is 0 Å². The number of anilines is 1. The van der Waals surface area contributed by atoms with E-state index in [1.165, 1.54) is 48.1 Å². The van der Waals surface area contributed by atoms with Gasteiger partial charge in [-0.3, -0.25) is 0 Å². The van der Waals surface area contributed by atoms with E-state index in [4.69, 9.17) is 0 Å². The highest BCUT2D eigenvalue weighted by molar-refractivity contribution is 9.10. The lowest BCUT2D eigenvalue weighted by atomic mass is 10.1. The molecule has 1 fully saturated rings. The van der Waals surface area contributed by atoms with Crippen molar-refractivity contribution in [1.82, 2.24) is 5.32 Å². The highest BCUT2D eigenvalue weighted by Gasteiger charge is 2.22. The van der Waals surface area contributed by atoms with Crippen molar-refractivity contribution in [3.8, 4) is 0 Å². The van der Waals surface area contributed by atoms with E-state index >= 15 is 0 Å². The van der Waals surface area contributed by atoms with Gasteiger partial charge in [0.15, 0.2) is 0 Å². The Hall–Kier alpha value is -0.540. The molecular formula is C16H25BrN2. The Morgan fingerprint density at radius 3 is 2.89 bits per heavy atom. The summed E-state index contributed by atoms with van der Waals surface area (Å²) < 4.78 is 1.18. The zero-order valence-electron chi connectivity index (χ0n) is 12.1. The summed E-state index contributed by atoms with van der Waals surface area (Å²) >= 11 is 3.59. The maximum atomic E-state index is 3.59. The van der Waals surface area contributed by atoms with Crippen molar-refractivity contribution >= 4 is 21.6 Å². The molecule has 0 saturated carbocycles. The molecule has 106 valence electrons. The topological polar surface area (TPSA) is 15.3 Å². The van der Waals surface area contributed by atoms with Crippen molar-refractivity contribution in [2.45, 2.75) is 39.7 Å². The van der Waals surface area contributed by atoms with Crippen LogP contribution < -0.4 is 10.2 Å². The molecule has 3 heteroatoms. The Kier molecular flexibility index (Phi) is 5.71. The van der Waals surface area contributed by atoms with Crippen molar-refractivity contribution in [2.75, 3.05) is 24.5 Å². The van der Waals surface area contributed by atoms with Gasteiger partial charge in [-0.2, -0.15) is 0 Å². The first-order valence-corrected chi connectivity index (χ1v) is 8.28. The zero-order chi connectivity index (χ0) is 13.7. The van der Waals surface area contributed by atoms with E-state index in [0.29, 0.717) is 0 Å². The van der Waals surface area contributed by atoms with Crippen LogP contribution in [0.25, 0.3) is 0 Å². The molecule has 1 aromatic rings. The van der Waals surface area contributed by atoms with E-state index in [1.807, 2.05) is 0 Å². The summed E-state index contributed by atoms with van der Waals surface area (Å²) in [6.07, 6.45) is 3.83. The normalized spacial score (nSPS) is 19.1. The molecule has 2 rings (SSSR count). The second-order valence-corrected chi connectivity index (χ2v) is 6.37. The molecule has 0 aliphatic carbocycles. The number of nitrogens with zero attached hydrogens (tertiary/aromatic N) is 1. The van der Waals surface area contributed by atoms with Crippen molar-refractivity contribution < 1.29 is 0 Å². The second-order valence-electron chi connectivity index (χ2n) is 5.46. The third kappa shape index (κ3) is 3.96. The van der Waals surface area contributed by atoms with E-state index in [0.717, 1.165) is 19.0 Å². The average Bonchev–Trinajstić information content (AvgIpc) is 2.88. The monoisotopic (exact) mass is 324 g/mol. The number of nitrogens with one attached hydrogen (secondary N) is 1. The number of halogens is 1. The van der Waals surface area contributed by atoms with Crippen LogP contribution in [0.4, 0.5) is 5.69 Å². The summed E-state index contributed by atoms with van der Waals surface area (Å²) in [7, 11) is 0. The lowest BCUT2D eigenvalue weighted by Crippen LogP contribution is -2.23. The molecule has 1 heterocycles. The zero-order valence-corrected chi connectivity index (χ0v) is 13.7. The molecule has 0 radical (unpaired) electrons. The van der Waals surface area contributed by atoms with Crippen LogP contribution in [0.15, 0.2) is 22.7 Å². The minimum atomic E-state index is 0.875. The van der Waals surface area contributed by atoms with Crippen LogP contribution in [-0.4, -0.2) is 19.6 Å². The quantitative estimate of drug-likeness (QED) is 0.789. The molecule has 1 aliphatic rings. The van der Waals surface area contributed by atoms with Gasteiger partial charge in [0.05, 0.1) is 0 Å². The highest BCUT2D eigenvalue weighted by atomic mass is 79.9. The fraction of sp³-hybridized carbons (Fsp3) is 0.625. The lowest BCUT2D eigenvalue weighted by molar-refractivity contribution is 0.569. The molecule has 0 aromatic heterocycles. The first kappa shape index (κ1) is 14.9. The van der Waals surface area contributed by atoms with Crippen LogP contribution in [0.5, 0.6) is 0 Å². The molecule has 0 bridgehead atoms. The van der Waals surface area contributed by atoms with Crippen LogP contribution in [0.1, 0.15) is 38.7 Å². The molecule has 2 nitrogen and oxygen atoms in total. The van der Waals surface area contributed by atoms with Gasteiger partial charge in [0, 0.05) is 29.8 Å². The third-order valence-electron chi connectivity index (χ3n) is 3.99. The molecule has 1 saturated heterocycles. The van der Waals surface area contributed by atoms with Gasteiger partial charge >= 0.3 is 0 Å². The molecule has 1 N–H and O–H groups in total. The number of hydrogen-bond acceptors (Lipinski definition) is 2. The van der Waals surface area contributed by atoms with E-state index < -0.39 is 0 Å². The van der Waals surface area contributed by atoms with E-state index in [1.54, 1.807) is 0 Å². The van der Waals surface area contributed by atoms with Gasteiger partial charge in [0.25, 0.3) is 0 Å². The van der Waals surface area contributed by atoms with E-state index in [2.05, 4.69) is 58.2 Å². The smallest absolute Gasteiger partial charge is 0.0412 e. The van der Waals surface area contributed by atoms with Gasteiger partial charge in [0.2, 0.25) is 0 Å². The van der Waals surface area contributed by atoms with E-state index in [-0.39, 0.29) is 0 Å². The molecule has 0 amide bonds. The summed E-state index contributed by atoms with van der Waals surface area (Å²) in [5.41, 5.74) is 2.84. The lowest BCUT2D eigenvalue weighted by Gasteiger charge is -2.22. The summed E-state index contributed by atoms with van der Waals surface area (Å²) in [6.45, 7) is 9.00. The minimum absolute atomic E-state index is 0.875. The van der Waals surface area contributed by atoms with Crippen LogP contribution >= 0.6 is 15.9 Å². The largest absolute Gasteiger partial charge is 0.371 e. The summed E-state index contributed by atoms with van der Waals surface area (Å²) in [5.74, 6) is 0.875. The van der Waals surface area contributed by atoms with Gasteiger partial charge in [-0.25, -0.2) is 0 Å². The Morgan fingerprint density at radius 1 is 1.37 bits per heavy atom. The molecular weight excluding hydrogens is 300 g/mol. The molecule has 1 atom stereocenters. The summed E-state index contributed by atoms with van der Waals surface area (Å²) in [5, 5.41) is 3.52. The predicted molar refractivity (Wildman–Crippen MR) is 86.8 cm³/mol. The third-order valence-corrected chi connectivity index (χ3v) is 4.48. The maximum Gasteiger partial charge on any atom is 0.0412 e. The number of benzene rings is 1.